The standard InChI is InChI=1S/C22H24N4O4/c23-13-7-12-18(20(24)27)25-21(28)19(14-16-8-3-1-4-9-16)26-22(29)30-15-17-10-5-2-6-11-17/h1-6,8-11,18-19H,7,12,14-15H2,(H2,24,27)(H,25,28)(H,26,29)/t18-,19-/m1/s1. The summed E-state index contributed by atoms with van der Waals surface area (Å²) in [5.41, 5.74) is 6.94. The first-order chi connectivity index (χ1) is 14.5. The molecule has 4 N–H and O–H groups in total. The Morgan fingerprint density at radius 3 is 2.10 bits per heavy atom. The first kappa shape index (κ1) is 22.4. The lowest BCUT2D eigenvalue weighted by Crippen LogP contribution is -2.53. The van der Waals surface area contributed by atoms with Crippen LogP contribution in [0.2, 0.25) is 0 Å². The van der Waals surface area contributed by atoms with Crippen molar-refractivity contribution in [2.45, 2.75) is 38.0 Å². The molecule has 0 saturated heterocycles. The lowest BCUT2D eigenvalue weighted by molar-refractivity contribution is -0.128. The van der Waals surface area contributed by atoms with Gasteiger partial charge in [-0.1, -0.05) is 60.7 Å². The van der Waals surface area contributed by atoms with Crippen molar-refractivity contribution in [2.24, 2.45) is 5.73 Å². The molecular formula is C22H24N4O4. The topological polar surface area (TPSA) is 134 Å². The number of benzene rings is 2. The number of nitriles is 1. The molecule has 8 heteroatoms. The number of carbonyl (C=O) groups is 3. The van der Waals surface area contributed by atoms with Crippen LogP contribution in [-0.2, 0) is 27.4 Å². The smallest absolute Gasteiger partial charge is 0.408 e. The molecule has 2 atom stereocenters. The molecule has 2 rings (SSSR count). The quantitative estimate of drug-likeness (QED) is 0.551. The molecule has 0 radical (unpaired) electrons. The second kappa shape index (κ2) is 11.9. The molecule has 0 heterocycles. The summed E-state index contributed by atoms with van der Waals surface area (Å²) < 4.78 is 5.20. The maximum atomic E-state index is 12.8. The van der Waals surface area contributed by atoms with Crippen molar-refractivity contribution >= 4 is 17.9 Å². The van der Waals surface area contributed by atoms with Gasteiger partial charge in [0.15, 0.2) is 0 Å². The monoisotopic (exact) mass is 408 g/mol. The summed E-state index contributed by atoms with van der Waals surface area (Å²) in [5, 5.41) is 13.8. The molecule has 0 aliphatic rings. The van der Waals surface area contributed by atoms with Gasteiger partial charge in [-0.05, 0) is 17.5 Å². The van der Waals surface area contributed by atoms with Gasteiger partial charge in [0.25, 0.3) is 0 Å². The van der Waals surface area contributed by atoms with E-state index >= 15 is 0 Å². The number of nitrogens with two attached hydrogens (primary N) is 1. The third kappa shape index (κ3) is 7.64. The number of ether oxygens (including phenoxy) is 1. The third-order valence-corrected chi connectivity index (χ3v) is 4.31. The van der Waals surface area contributed by atoms with Crippen LogP contribution in [0, 0.1) is 11.3 Å². The van der Waals surface area contributed by atoms with E-state index in [1.807, 2.05) is 66.7 Å². The Bertz CT molecular complexity index is 881. The Hall–Kier alpha value is -3.86. The van der Waals surface area contributed by atoms with Crippen molar-refractivity contribution in [3.8, 4) is 6.07 Å². The van der Waals surface area contributed by atoms with Gasteiger partial charge in [0, 0.05) is 12.8 Å². The summed E-state index contributed by atoms with van der Waals surface area (Å²) in [4.78, 5) is 36.6. The van der Waals surface area contributed by atoms with Crippen LogP contribution >= 0.6 is 0 Å². The molecule has 0 aromatic heterocycles. The largest absolute Gasteiger partial charge is 0.445 e. The van der Waals surface area contributed by atoms with E-state index in [4.69, 9.17) is 15.7 Å². The normalized spacial score (nSPS) is 12.1. The van der Waals surface area contributed by atoms with Gasteiger partial charge < -0.3 is 21.1 Å². The Balaban J connectivity index is 2.05. The molecular weight excluding hydrogens is 384 g/mol. The van der Waals surface area contributed by atoms with Crippen LogP contribution in [0.1, 0.15) is 24.0 Å². The molecule has 3 amide bonds. The van der Waals surface area contributed by atoms with Crippen molar-refractivity contribution in [2.75, 3.05) is 0 Å². The number of amides is 3. The van der Waals surface area contributed by atoms with Gasteiger partial charge in [0.2, 0.25) is 11.8 Å². The minimum Gasteiger partial charge on any atom is -0.445 e. The summed E-state index contributed by atoms with van der Waals surface area (Å²) in [6.07, 6.45) is -0.420. The van der Waals surface area contributed by atoms with Gasteiger partial charge in [0.05, 0.1) is 6.07 Å². The van der Waals surface area contributed by atoms with E-state index in [2.05, 4.69) is 10.6 Å². The highest BCUT2D eigenvalue weighted by atomic mass is 16.5. The zero-order valence-electron chi connectivity index (χ0n) is 16.4. The number of primary amides is 1. The minimum absolute atomic E-state index is 0.0540. The van der Waals surface area contributed by atoms with Crippen LogP contribution in [0.25, 0.3) is 0 Å². The molecule has 156 valence electrons. The Labute approximate surface area is 175 Å². The van der Waals surface area contributed by atoms with Crippen LogP contribution in [0.4, 0.5) is 4.79 Å². The number of hydrogen-bond donors (Lipinski definition) is 3. The number of hydrogen-bond acceptors (Lipinski definition) is 5. The van der Waals surface area contributed by atoms with E-state index in [9.17, 15) is 14.4 Å². The SMILES string of the molecule is N#CCC[C@@H](NC(=O)[C@@H](Cc1ccccc1)NC(=O)OCc1ccccc1)C(N)=O. The van der Waals surface area contributed by atoms with E-state index in [0.29, 0.717) is 0 Å². The highest BCUT2D eigenvalue weighted by molar-refractivity contribution is 5.90. The van der Waals surface area contributed by atoms with Gasteiger partial charge in [0.1, 0.15) is 18.7 Å². The molecule has 30 heavy (non-hydrogen) atoms. The van der Waals surface area contributed by atoms with Crippen molar-refractivity contribution in [1.82, 2.24) is 10.6 Å². The molecule has 0 fully saturated rings. The number of carbonyl (C=O) groups excluding carboxylic acids is 3. The molecule has 0 aliphatic carbocycles. The van der Waals surface area contributed by atoms with Crippen LogP contribution < -0.4 is 16.4 Å². The summed E-state index contributed by atoms with van der Waals surface area (Å²) in [6.45, 7) is 0.0540. The van der Waals surface area contributed by atoms with E-state index in [1.54, 1.807) is 0 Å². The summed E-state index contributed by atoms with van der Waals surface area (Å²) in [6, 6.07) is 18.2. The van der Waals surface area contributed by atoms with Crippen LogP contribution in [-0.4, -0.2) is 30.0 Å². The fourth-order valence-electron chi connectivity index (χ4n) is 2.73. The summed E-state index contributed by atoms with van der Waals surface area (Å²) in [5.74, 6) is -1.33. The highest BCUT2D eigenvalue weighted by Crippen LogP contribution is 2.06. The second-order valence-corrected chi connectivity index (χ2v) is 6.61. The van der Waals surface area contributed by atoms with Gasteiger partial charge in [-0.25, -0.2) is 4.79 Å². The predicted molar refractivity (Wildman–Crippen MR) is 110 cm³/mol. The second-order valence-electron chi connectivity index (χ2n) is 6.61. The molecule has 2 aromatic carbocycles. The summed E-state index contributed by atoms with van der Waals surface area (Å²) >= 11 is 0. The summed E-state index contributed by atoms with van der Waals surface area (Å²) in [7, 11) is 0. The fraction of sp³-hybridized carbons (Fsp3) is 0.273. The zero-order valence-corrected chi connectivity index (χ0v) is 16.4. The molecule has 2 aromatic rings. The Morgan fingerprint density at radius 1 is 0.933 bits per heavy atom. The lowest BCUT2D eigenvalue weighted by atomic mass is 10.0. The average molecular weight is 408 g/mol. The van der Waals surface area contributed by atoms with Gasteiger partial charge in [-0.2, -0.15) is 5.26 Å². The van der Waals surface area contributed by atoms with Crippen molar-refractivity contribution < 1.29 is 19.1 Å². The predicted octanol–water partition coefficient (Wildman–Crippen LogP) is 1.80. The first-order valence-electron chi connectivity index (χ1n) is 9.47. The van der Waals surface area contributed by atoms with E-state index in [-0.39, 0.29) is 25.9 Å². The van der Waals surface area contributed by atoms with E-state index < -0.39 is 30.0 Å². The highest BCUT2D eigenvalue weighted by Gasteiger charge is 2.26. The van der Waals surface area contributed by atoms with E-state index in [1.165, 1.54) is 0 Å². The molecule has 0 unspecified atom stereocenters. The fourth-order valence-corrected chi connectivity index (χ4v) is 2.73. The molecule has 0 aliphatic heterocycles. The molecule has 8 nitrogen and oxygen atoms in total. The average Bonchev–Trinajstić information content (AvgIpc) is 2.76. The Kier molecular flexibility index (Phi) is 8.87. The van der Waals surface area contributed by atoms with Crippen molar-refractivity contribution in [3.63, 3.8) is 0 Å². The number of nitrogens with one attached hydrogen (secondary N) is 2. The maximum Gasteiger partial charge on any atom is 0.408 e. The van der Waals surface area contributed by atoms with Gasteiger partial charge >= 0.3 is 6.09 Å². The van der Waals surface area contributed by atoms with Crippen molar-refractivity contribution in [3.05, 3.63) is 71.8 Å². The van der Waals surface area contributed by atoms with Gasteiger partial charge in [-0.3, -0.25) is 9.59 Å². The number of alkyl carbamates (subject to hydrolysis) is 1. The number of nitrogens with zero attached hydrogens (tertiary/aromatic N) is 1. The Morgan fingerprint density at radius 2 is 1.53 bits per heavy atom. The van der Waals surface area contributed by atoms with Crippen LogP contribution in [0.15, 0.2) is 60.7 Å². The first-order valence-corrected chi connectivity index (χ1v) is 9.47. The molecule has 0 spiro atoms. The lowest BCUT2D eigenvalue weighted by Gasteiger charge is -2.21. The van der Waals surface area contributed by atoms with E-state index in [0.717, 1.165) is 11.1 Å². The number of rotatable bonds is 10. The van der Waals surface area contributed by atoms with Crippen LogP contribution in [0.5, 0.6) is 0 Å². The zero-order chi connectivity index (χ0) is 21.8. The minimum atomic E-state index is -1.00. The maximum absolute atomic E-state index is 12.8. The third-order valence-electron chi connectivity index (χ3n) is 4.31. The van der Waals surface area contributed by atoms with Gasteiger partial charge in [-0.15, -0.1) is 0 Å². The molecule has 0 bridgehead atoms. The van der Waals surface area contributed by atoms with Crippen molar-refractivity contribution in [1.29, 1.82) is 5.26 Å². The van der Waals surface area contributed by atoms with Crippen LogP contribution in [0.3, 0.4) is 0 Å². The molecule has 0 saturated carbocycles.